The minimum Gasteiger partial charge on any atom is -0.395 e. The molecule has 0 amide bonds. The minimum atomic E-state index is 0.247. The maximum absolute atomic E-state index is 8.92. The fraction of sp³-hybridized carbons (Fsp3) is 0.800. The van der Waals surface area contributed by atoms with Gasteiger partial charge in [-0.3, -0.25) is 4.90 Å². The van der Waals surface area contributed by atoms with Crippen molar-refractivity contribution in [2.24, 2.45) is 0 Å². The predicted octanol–water partition coefficient (Wildman–Crippen LogP) is 2.13. The highest BCUT2D eigenvalue weighted by molar-refractivity contribution is 9.11. The summed E-state index contributed by atoms with van der Waals surface area (Å²) in [4.78, 5) is 2.32. The highest BCUT2D eigenvalue weighted by atomic mass is 79.9. The van der Waals surface area contributed by atoms with E-state index < -0.39 is 0 Å². The Morgan fingerprint density at radius 2 is 2.08 bits per heavy atom. The first-order valence-electron chi connectivity index (χ1n) is 4.92. The van der Waals surface area contributed by atoms with E-state index >= 15 is 0 Å². The molecule has 0 heterocycles. The number of halogens is 1. The average molecular weight is 248 g/mol. The van der Waals surface area contributed by atoms with Crippen LogP contribution in [0.4, 0.5) is 0 Å². The Bertz CT molecular complexity index is 166. The minimum absolute atomic E-state index is 0.247. The van der Waals surface area contributed by atoms with Gasteiger partial charge in [-0.15, -0.1) is 0 Å². The third-order valence-corrected chi connectivity index (χ3v) is 2.85. The van der Waals surface area contributed by atoms with E-state index in [0.29, 0.717) is 6.04 Å². The summed E-state index contributed by atoms with van der Waals surface area (Å²) < 4.78 is 1.01. The predicted molar refractivity (Wildman–Crippen MR) is 59.0 cm³/mol. The topological polar surface area (TPSA) is 23.5 Å². The van der Waals surface area contributed by atoms with Crippen molar-refractivity contribution in [2.45, 2.75) is 31.7 Å². The van der Waals surface area contributed by atoms with Crippen molar-refractivity contribution in [3.05, 3.63) is 11.1 Å². The zero-order chi connectivity index (χ0) is 9.68. The van der Waals surface area contributed by atoms with Crippen molar-refractivity contribution in [1.29, 1.82) is 0 Å². The normalized spacial score (nSPS) is 18.4. The third-order valence-electron chi connectivity index (χ3n) is 2.60. The van der Waals surface area contributed by atoms with Gasteiger partial charge in [0, 0.05) is 23.6 Å². The van der Waals surface area contributed by atoms with E-state index in [1.54, 1.807) is 0 Å². The van der Waals surface area contributed by atoms with Crippen LogP contribution in [0.1, 0.15) is 25.7 Å². The van der Waals surface area contributed by atoms with Gasteiger partial charge in [-0.2, -0.15) is 0 Å². The number of hydrogen-bond acceptors (Lipinski definition) is 2. The monoisotopic (exact) mass is 247 g/mol. The SMILES string of the molecule is C=C(Br)CN(CCO)C1CCCC1. The Labute approximate surface area is 88.7 Å². The van der Waals surface area contributed by atoms with Gasteiger partial charge in [0.2, 0.25) is 0 Å². The van der Waals surface area contributed by atoms with Crippen molar-refractivity contribution < 1.29 is 5.11 Å². The molecule has 1 fully saturated rings. The van der Waals surface area contributed by atoms with Crippen LogP contribution in [0.3, 0.4) is 0 Å². The number of hydrogen-bond donors (Lipinski definition) is 1. The molecule has 0 unspecified atom stereocenters. The smallest absolute Gasteiger partial charge is 0.0558 e. The van der Waals surface area contributed by atoms with E-state index in [0.717, 1.165) is 17.6 Å². The summed E-state index contributed by atoms with van der Waals surface area (Å²) in [5.74, 6) is 0. The fourth-order valence-corrected chi connectivity index (χ4v) is 2.33. The molecule has 76 valence electrons. The van der Waals surface area contributed by atoms with E-state index in [1.165, 1.54) is 25.7 Å². The van der Waals surface area contributed by atoms with E-state index in [1.807, 2.05) is 0 Å². The molecule has 0 spiro atoms. The van der Waals surface area contributed by atoms with Gasteiger partial charge in [0.15, 0.2) is 0 Å². The van der Waals surface area contributed by atoms with E-state index in [-0.39, 0.29) is 6.61 Å². The van der Waals surface area contributed by atoms with Crippen molar-refractivity contribution in [3.8, 4) is 0 Å². The van der Waals surface area contributed by atoms with Crippen molar-refractivity contribution in [1.82, 2.24) is 4.90 Å². The molecule has 0 saturated heterocycles. The van der Waals surface area contributed by atoms with Crippen LogP contribution in [-0.4, -0.2) is 35.7 Å². The summed E-state index contributed by atoms with van der Waals surface area (Å²) in [7, 11) is 0. The van der Waals surface area contributed by atoms with Gasteiger partial charge in [0.25, 0.3) is 0 Å². The van der Waals surface area contributed by atoms with Crippen LogP contribution < -0.4 is 0 Å². The largest absolute Gasteiger partial charge is 0.395 e. The summed E-state index contributed by atoms with van der Waals surface area (Å²) in [6, 6.07) is 0.668. The highest BCUT2D eigenvalue weighted by Crippen LogP contribution is 2.24. The lowest BCUT2D eigenvalue weighted by Crippen LogP contribution is -2.36. The molecular formula is C10H18BrNO. The van der Waals surface area contributed by atoms with Gasteiger partial charge in [0.05, 0.1) is 6.61 Å². The second kappa shape index (κ2) is 5.78. The molecule has 2 nitrogen and oxygen atoms in total. The van der Waals surface area contributed by atoms with E-state index in [9.17, 15) is 0 Å². The first kappa shape index (κ1) is 11.2. The molecule has 1 saturated carbocycles. The molecule has 0 aliphatic heterocycles. The summed E-state index contributed by atoms with van der Waals surface area (Å²) >= 11 is 3.37. The summed E-state index contributed by atoms with van der Waals surface area (Å²) in [6.45, 7) is 5.73. The summed E-state index contributed by atoms with van der Waals surface area (Å²) in [5, 5.41) is 8.92. The Balaban J connectivity index is 2.39. The molecule has 1 rings (SSSR count). The zero-order valence-electron chi connectivity index (χ0n) is 8.01. The van der Waals surface area contributed by atoms with Crippen molar-refractivity contribution in [2.75, 3.05) is 19.7 Å². The molecule has 1 aliphatic carbocycles. The van der Waals surface area contributed by atoms with Gasteiger partial charge in [-0.05, 0) is 12.8 Å². The van der Waals surface area contributed by atoms with Crippen LogP contribution in [0, 0.1) is 0 Å². The Hall–Kier alpha value is 0.140. The lowest BCUT2D eigenvalue weighted by atomic mass is 10.2. The molecule has 0 radical (unpaired) electrons. The van der Waals surface area contributed by atoms with Crippen molar-refractivity contribution >= 4 is 15.9 Å². The highest BCUT2D eigenvalue weighted by Gasteiger charge is 2.21. The van der Waals surface area contributed by atoms with Crippen LogP contribution >= 0.6 is 15.9 Å². The van der Waals surface area contributed by atoms with Crippen LogP contribution in [0.5, 0.6) is 0 Å². The first-order valence-corrected chi connectivity index (χ1v) is 5.71. The molecule has 1 N–H and O–H groups in total. The van der Waals surface area contributed by atoms with Crippen LogP contribution in [0.15, 0.2) is 11.1 Å². The zero-order valence-corrected chi connectivity index (χ0v) is 9.59. The second-order valence-corrected chi connectivity index (χ2v) is 4.77. The molecule has 0 aromatic carbocycles. The van der Waals surface area contributed by atoms with Crippen molar-refractivity contribution in [3.63, 3.8) is 0 Å². The lowest BCUT2D eigenvalue weighted by Gasteiger charge is -2.27. The van der Waals surface area contributed by atoms with Gasteiger partial charge in [-0.1, -0.05) is 35.4 Å². The maximum atomic E-state index is 8.92. The second-order valence-electron chi connectivity index (χ2n) is 3.65. The molecule has 0 aromatic heterocycles. The van der Waals surface area contributed by atoms with Gasteiger partial charge in [-0.25, -0.2) is 0 Å². The number of aliphatic hydroxyl groups is 1. The van der Waals surface area contributed by atoms with E-state index in [4.69, 9.17) is 5.11 Å². The van der Waals surface area contributed by atoms with E-state index in [2.05, 4.69) is 27.4 Å². The Morgan fingerprint density at radius 1 is 1.46 bits per heavy atom. The summed E-state index contributed by atoms with van der Waals surface area (Å²) in [5.41, 5.74) is 0. The molecule has 1 aliphatic rings. The standard InChI is InChI=1S/C10H18BrNO/c1-9(11)8-12(6-7-13)10-4-2-3-5-10/h10,13H,1-8H2. The molecule has 0 atom stereocenters. The van der Waals surface area contributed by atoms with Crippen LogP contribution in [0.25, 0.3) is 0 Å². The van der Waals surface area contributed by atoms with Gasteiger partial charge < -0.3 is 5.11 Å². The van der Waals surface area contributed by atoms with Gasteiger partial charge >= 0.3 is 0 Å². The molecule has 0 aromatic rings. The number of nitrogens with zero attached hydrogens (tertiary/aromatic N) is 1. The molecule has 3 heteroatoms. The van der Waals surface area contributed by atoms with Gasteiger partial charge in [0.1, 0.15) is 0 Å². The average Bonchev–Trinajstić information content (AvgIpc) is 2.54. The first-order chi connectivity index (χ1) is 6.24. The van der Waals surface area contributed by atoms with Crippen LogP contribution in [-0.2, 0) is 0 Å². The third kappa shape index (κ3) is 3.79. The lowest BCUT2D eigenvalue weighted by molar-refractivity contribution is 0.165. The number of aliphatic hydroxyl groups excluding tert-OH is 1. The summed E-state index contributed by atoms with van der Waals surface area (Å²) in [6.07, 6.45) is 5.23. The Kier molecular flexibility index (Phi) is 4.99. The molecular weight excluding hydrogens is 230 g/mol. The maximum Gasteiger partial charge on any atom is 0.0558 e. The fourth-order valence-electron chi connectivity index (χ4n) is 2.01. The van der Waals surface area contributed by atoms with Crippen LogP contribution in [0.2, 0.25) is 0 Å². The molecule has 13 heavy (non-hydrogen) atoms. The quantitative estimate of drug-likeness (QED) is 0.805. The number of rotatable bonds is 5. The Morgan fingerprint density at radius 3 is 2.54 bits per heavy atom. The molecule has 0 bridgehead atoms.